The Kier molecular flexibility index (Phi) is 5.75. The van der Waals surface area contributed by atoms with Crippen LogP contribution in [0.3, 0.4) is 0 Å². The van der Waals surface area contributed by atoms with Crippen molar-refractivity contribution in [2.45, 2.75) is 46.8 Å². The first-order chi connectivity index (χ1) is 10.5. The molecular formula is C18H27N3O. The van der Waals surface area contributed by atoms with Crippen molar-refractivity contribution in [2.24, 2.45) is 0 Å². The van der Waals surface area contributed by atoms with Crippen LogP contribution in [0.15, 0.2) is 24.3 Å². The third-order valence-corrected chi connectivity index (χ3v) is 4.15. The molecule has 0 bridgehead atoms. The fourth-order valence-electron chi connectivity index (χ4n) is 2.79. The quantitative estimate of drug-likeness (QED) is 0.855. The summed E-state index contributed by atoms with van der Waals surface area (Å²) in [6, 6.07) is 8.84. The average Bonchev–Trinajstić information content (AvgIpc) is 2.76. The zero-order valence-corrected chi connectivity index (χ0v) is 14.1. The van der Waals surface area contributed by atoms with Crippen molar-refractivity contribution in [1.29, 1.82) is 0 Å². The molecule has 0 aliphatic heterocycles. The van der Waals surface area contributed by atoms with Crippen molar-refractivity contribution in [3.05, 3.63) is 52.3 Å². The second-order valence-electron chi connectivity index (χ2n) is 5.94. The first-order valence-corrected chi connectivity index (χ1v) is 7.95. The highest BCUT2D eigenvalue weighted by Crippen LogP contribution is 2.16. The molecule has 0 saturated carbocycles. The van der Waals surface area contributed by atoms with Crippen molar-refractivity contribution >= 4 is 0 Å². The Morgan fingerprint density at radius 1 is 1.09 bits per heavy atom. The van der Waals surface area contributed by atoms with E-state index >= 15 is 0 Å². The Morgan fingerprint density at radius 3 is 2.32 bits per heavy atom. The zero-order valence-electron chi connectivity index (χ0n) is 14.1. The number of benzene rings is 1. The summed E-state index contributed by atoms with van der Waals surface area (Å²) in [5, 5.41) is 13.6. The normalized spacial score (nSPS) is 11.4. The number of hydrogen-bond donors (Lipinski definition) is 1. The van der Waals surface area contributed by atoms with Gasteiger partial charge in [0.15, 0.2) is 0 Å². The van der Waals surface area contributed by atoms with Gasteiger partial charge in [0.1, 0.15) is 0 Å². The number of rotatable bonds is 7. The molecule has 22 heavy (non-hydrogen) atoms. The van der Waals surface area contributed by atoms with Gasteiger partial charge in [0.05, 0.1) is 18.8 Å². The van der Waals surface area contributed by atoms with Crippen molar-refractivity contribution in [2.75, 3.05) is 13.7 Å². The number of aliphatic hydroxyl groups is 1. The van der Waals surface area contributed by atoms with Crippen LogP contribution in [0.2, 0.25) is 0 Å². The molecule has 4 nitrogen and oxygen atoms in total. The summed E-state index contributed by atoms with van der Waals surface area (Å²) in [6.45, 7) is 8.79. The molecule has 0 spiro atoms. The molecule has 1 aromatic carbocycles. The number of nitrogens with zero attached hydrogens (tertiary/aromatic N) is 3. The van der Waals surface area contributed by atoms with Crippen LogP contribution >= 0.6 is 0 Å². The molecule has 1 N–H and O–H groups in total. The first kappa shape index (κ1) is 16.7. The molecule has 1 heterocycles. The number of aromatic nitrogens is 2. The molecule has 0 saturated heterocycles. The van der Waals surface area contributed by atoms with E-state index in [1.807, 2.05) is 11.6 Å². The molecule has 0 amide bonds. The van der Waals surface area contributed by atoms with E-state index in [2.05, 4.69) is 55.2 Å². The lowest BCUT2D eigenvalue weighted by atomic mass is 10.1. The molecule has 2 rings (SSSR count). The molecule has 0 aliphatic rings. The van der Waals surface area contributed by atoms with Crippen LogP contribution in [0.5, 0.6) is 0 Å². The second kappa shape index (κ2) is 7.56. The van der Waals surface area contributed by atoms with Gasteiger partial charge in [-0.25, -0.2) is 0 Å². The SMILES string of the molecule is CCc1ccc(CN(C)Cc2c(C)nn(CCO)c2C)cc1. The Morgan fingerprint density at radius 2 is 1.73 bits per heavy atom. The maximum absolute atomic E-state index is 9.09. The van der Waals surface area contributed by atoms with E-state index in [4.69, 9.17) is 5.11 Å². The fraction of sp³-hybridized carbons (Fsp3) is 0.500. The van der Waals surface area contributed by atoms with Gasteiger partial charge in [-0.05, 0) is 38.4 Å². The van der Waals surface area contributed by atoms with Gasteiger partial charge in [0.25, 0.3) is 0 Å². The minimum atomic E-state index is 0.126. The minimum absolute atomic E-state index is 0.126. The van der Waals surface area contributed by atoms with E-state index in [0.29, 0.717) is 6.54 Å². The van der Waals surface area contributed by atoms with Crippen LogP contribution in [0.25, 0.3) is 0 Å². The van der Waals surface area contributed by atoms with Gasteiger partial charge in [-0.2, -0.15) is 5.10 Å². The van der Waals surface area contributed by atoms with Crippen molar-refractivity contribution in [3.63, 3.8) is 0 Å². The van der Waals surface area contributed by atoms with Crippen LogP contribution in [0.1, 0.15) is 35.0 Å². The predicted molar refractivity (Wildman–Crippen MR) is 89.8 cm³/mol. The van der Waals surface area contributed by atoms with Gasteiger partial charge in [-0.3, -0.25) is 9.58 Å². The first-order valence-electron chi connectivity index (χ1n) is 7.95. The van der Waals surface area contributed by atoms with E-state index < -0.39 is 0 Å². The summed E-state index contributed by atoms with van der Waals surface area (Å²) in [6.07, 6.45) is 1.08. The standard InChI is InChI=1S/C18H27N3O/c1-5-16-6-8-17(9-7-16)12-20(4)13-18-14(2)19-21(10-11-22)15(18)3/h6-9,22H,5,10-13H2,1-4H3. The Hall–Kier alpha value is -1.65. The molecule has 120 valence electrons. The monoisotopic (exact) mass is 301 g/mol. The van der Waals surface area contributed by atoms with Crippen LogP contribution in [0, 0.1) is 13.8 Å². The van der Waals surface area contributed by atoms with Crippen LogP contribution < -0.4 is 0 Å². The van der Waals surface area contributed by atoms with Gasteiger partial charge in [-0.1, -0.05) is 31.2 Å². The molecular weight excluding hydrogens is 274 g/mol. The van der Waals surface area contributed by atoms with Crippen LogP contribution in [-0.2, 0) is 26.1 Å². The summed E-state index contributed by atoms with van der Waals surface area (Å²) >= 11 is 0. The van der Waals surface area contributed by atoms with E-state index in [9.17, 15) is 0 Å². The van der Waals surface area contributed by atoms with E-state index in [-0.39, 0.29) is 6.61 Å². The van der Waals surface area contributed by atoms with Crippen molar-refractivity contribution < 1.29 is 5.11 Å². The van der Waals surface area contributed by atoms with Crippen molar-refractivity contribution in [3.8, 4) is 0 Å². The Bertz CT molecular complexity index is 602. The topological polar surface area (TPSA) is 41.3 Å². The average molecular weight is 301 g/mol. The van der Waals surface area contributed by atoms with E-state index in [1.165, 1.54) is 16.7 Å². The molecule has 0 aliphatic carbocycles. The van der Waals surface area contributed by atoms with Gasteiger partial charge >= 0.3 is 0 Å². The highest BCUT2D eigenvalue weighted by Gasteiger charge is 2.13. The third-order valence-electron chi connectivity index (χ3n) is 4.15. The lowest BCUT2D eigenvalue weighted by Gasteiger charge is -2.17. The summed E-state index contributed by atoms with van der Waals surface area (Å²) in [5.74, 6) is 0. The van der Waals surface area contributed by atoms with Crippen LogP contribution in [0.4, 0.5) is 0 Å². The van der Waals surface area contributed by atoms with Gasteiger partial charge in [0, 0.05) is 24.3 Å². The van der Waals surface area contributed by atoms with Crippen molar-refractivity contribution in [1.82, 2.24) is 14.7 Å². The lowest BCUT2D eigenvalue weighted by molar-refractivity contribution is 0.267. The molecule has 0 unspecified atom stereocenters. The molecule has 0 radical (unpaired) electrons. The maximum Gasteiger partial charge on any atom is 0.0644 e. The second-order valence-corrected chi connectivity index (χ2v) is 5.94. The minimum Gasteiger partial charge on any atom is -0.394 e. The molecule has 0 fully saturated rings. The molecule has 4 heteroatoms. The summed E-state index contributed by atoms with van der Waals surface area (Å²) in [4.78, 5) is 2.31. The lowest BCUT2D eigenvalue weighted by Crippen LogP contribution is -2.18. The highest BCUT2D eigenvalue weighted by molar-refractivity contribution is 5.25. The van der Waals surface area contributed by atoms with E-state index in [0.717, 1.165) is 30.9 Å². The van der Waals surface area contributed by atoms with Crippen LogP contribution in [-0.4, -0.2) is 33.4 Å². The number of hydrogen-bond acceptors (Lipinski definition) is 3. The Balaban J connectivity index is 2.03. The maximum atomic E-state index is 9.09. The predicted octanol–water partition coefficient (Wildman–Crippen LogP) is 2.69. The number of aryl methyl sites for hydroxylation is 2. The fourth-order valence-corrected chi connectivity index (χ4v) is 2.79. The van der Waals surface area contributed by atoms with Gasteiger partial charge in [0.2, 0.25) is 0 Å². The molecule has 1 aromatic heterocycles. The molecule has 0 atom stereocenters. The summed E-state index contributed by atoms with van der Waals surface area (Å²) in [7, 11) is 2.13. The largest absolute Gasteiger partial charge is 0.394 e. The third kappa shape index (κ3) is 3.96. The Labute approximate surface area is 133 Å². The molecule has 2 aromatic rings. The summed E-state index contributed by atoms with van der Waals surface area (Å²) in [5.41, 5.74) is 6.18. The number of aliphatic hydroxyl groups excluding tert-OH is 1. The highest BCUT2D eigenvalue weighted by atomic mass is 16.3. The van der Waals surface area contributed by atoms with E-state index in [1.54, 1.807) is 0 Å². The smallest absolute Gasteiger partial charge is 0.0644 e. The summed E-state index contributed by atoms with van der Waals surface area (Å²) < 4.78 is 1.90. The zero-order chi connectivity index (χ0) is 16.1. The van der Waals surface area contributed by atoms with Gasteiger partial charge in [-0.15, -0.1) is 0 Å². The van der Waals surface area contributed by atoms with Gasteiger partial charge < -0.3 is 5.11 Å².